The van der Waals surface area contributed by atoms with E-state index in [1.165, 1.54) is 5.56 Å². The second kappa shape index (κ2) is 4.44. The van der Waals surface area contributed by atoms with Crippen molar-refractivity contribution in [1.29, 1.82) is 0 Å². The first-order chi connectivity index (χ1) is 7.63. The van der Waals surface area contributed by atoms with E-state index in [-0.39, 0.29) is 5.54 Å². The average molecular weight is 220 g/mol. The van der Waals surface area contributed by atoms with Crippen molar-refractivity contribution in [3.05, 3.63) is 29.8 Å². The second-order valence-corrected chi connectivity index (χ2v) is 4.85. The van der Waals surface area contributed by atoms with E-state index in [4.69, 9.17) is 10.5 Å². The molecule has 0 aromatic heterocycles. The van der Waals surface area contributed by atoms with Gasteiger partial charge in [0.05, 0.1) is 7.11 Å². The third-order valence-electron chi connectivity index (χ3n) is 3.11. The molecule has 0 amide bonds. The van der Waals surface area contributed by atoms with Gasteiger partial charge in [0.2, 0.25) is 0 Å². The first kappa shape index (κ1) is 11.4. The SMILES string of the molecule is COc1ccccc1CN(C)CC1(N)CC1. The molecule has 1 saturated carbocycles. The molecule has 88 valence electrons. The van der Waals surface area contributed by atoms with E-state index < -0.39 is 0 Å². The number of benzene rings is 1. The lowest BCUT2D eigenvalue weighted by molar-refractivity contribution is 0.289. The Morgan fingerprint density at radius 3 is 2.69 bits per heavy atom. The summed E-state index contributed by atoms with van der Waals surface area (Å²) < 4.78 is 5.33. The van der Waals surface area contributed by atoms with Gasteiger partial charge in [-0.05, 0) is 26.0 Å². The van der Waals surface area contributed by atoms with Crippen molar-refractivity contribution in [2.75, 3.05) is 20.7 Å². The lowest BCUT2D eigenvalue weighted by atomic mass is 10.1. The number of hydrogen-bond donors (Lipinski definition) is 1. The molecule has 0 radical (unpaired) electrons. The van der Waals surface area contributed by atoms with Crippen LogP contribution >= 0.6 is 0 Å². The Kier molecular flexibility index (Phi) is 3.17. The van der Waals surface area contributed by atoms with E-state index in [0.717, 1.165) is 31.7 Å². The summed E-state index contributed by atoms with van der Waals surface area (Å²) >= 11 is 0. The van der Waals surface area contributed by atoms with Crippen molar-refractivity contribution in [2.45, 2.75) is 24.9 Å². The van der Waals surface area contributed by atoms with Crippen LogP contribution in [0.25, 0.3) is 0 Å². The maximum atomic E-state index is 6.10. The first-order valence-electron chi connectivity index (χ1n) is 5.72. The number of nitrogens with zero attached hydrogens (tertiary/aromatic N) is 1. The van der Waals surface area contributed by atoms with Gasteiger partial charge in [0.25, 0.3) is 0 Å². The molecule has 0 atom stereocenters. The fourth-order valence-electron chi connectivity index (χ4n) is 2.04. The molecule has 0 spiro atoms. The molecule has 1 aromatic carbocycles. The molecule has 16 heavy (non-hydrogen) atoms. The van der Waals surface area contributed by atoms with Crippen molar-refractivity contribution in [2.24, 2.45) is 5.73 Å². The fourth-order valence-corrected chi connectivity index (χ4v) is 2.04. The van der Waals surface area contributed by atoms with Gasteiger partial charge in [-0.15, -0.1) is 0 Å². The number of rotatable bonds is 5. The number of methoxy groups -OCH3 is 1. The van der Waals surface area contributed by atoms with Crippen LogP contribution in [0.5, 0.6) is 5.75 Å². The Balaban J connectivity index is 1.97. The Labute approximate surface area is 97.2 Å². The summed E-state index contributed by atoms with van der Waals surface area (Å²) in [6.45, 7) is 1.86. The van der Waals surface area contributed by atoms with Crippen molar-refractivity contribution >= 4 is 0 Å². The number of likely N-dealkylation sites (N-methyl/N-ethyl adjacent to an activating group) is 1. The van der Waals surface area contributed by atoms with Crippen LogP contribution in [0.2, 0.25) is 0 Å². The van der Waals surface area contributed by atoms with Crippen molar-refractivity contribution in [1.82, 2.24) is 4.90 Å². The van der Waals surface area contributed by atoms with E-state index >= 15 is 0 Å². The van der Waals surface area contributed by atoms with Crippen LogP contribution in [-0.4, -0.2) is 31.1 Å². The summed E-state index contributed by atoms with van der Waals surface area (Å²) in [5.74, 6) is 0.955. The molecule has 1 aliphatic rings. The maximum Gasteiger partial charge on any atom is 0.123 e. The van der Waals surface area contributed by atoms with Gasteiger partial charge in [-0.1, -0.05) is 18.2 Å². The highest BCUT2D eigenvalue weighted by Gasteiger charge is 2.38. The van der Waals surface area contributed by atoms with Gasteiger partial charge in [-0.3, -0.25) is 0 Å². The summed E-state index contributed by atoms with van der Waals surface area (Å²) in [7, 11) is 3.82. The number of nitrogens with two attached hydrogens (primary N) is 1. The minimum absolute atomic E-state index is 0.0801. The summed E-state index contributed by atoms with van der Waals surface area (Å²) in [5, 5.41) is 0. The molecule has 0 heterocycles. The minimum atomic E-state index is 0.0801. The van der Waals surface area contributed by atoms with Gasteiger partial charge in [0.15, 0.2) is 0 Å². The van der Waals surface area contributed by atoms with E-state index in [1.54, 1.807) is 7.11 Å². The van der Waals surface area contributed by atoms with Crippen LogP contribution in [0.15, 0.2) is 24.3 Å². The quantitative estimate of drug-likeness (QED) is 0.819. The zero-order valence-corrected chi connectivity index (χ0v) is 10.1. The standard InChI is InChI=1S/C13H20N2O/c1-15(10-13(14)7-8-13)9-11-5-3-4-6-12(11)16-2/h3-6H,7-10,14H2,1-2H3. The van der Waals surface area contributed by atoms with Crippen LogP contribution in [0.3, 0.4) is 0 Å². The topological polar surface area (TPSA) is 38.5 Å². The van der Waals surface area contributed by atoms with E-state index in [9.17, 15) is 0 Å². The van der Waals surface area contributed by atoms with Crippen molar-refractivity contribution in [3.8, 4) is 5.75 Å². The van der Waals surface area contributed by atoms with Crippen molar-refractivity contribution in [3.63, 3.8) is 0 Å². The number of hydrogen-bond acceptors (Lipinski definition) is 3. The van der Waals surface area contributed by atoms with Gasteiger partial charge in [0, 0.05) is 24.2 Å². The highest BCUT2D eigenvalue weighted by atomic mass is 16.5. The molecule has 0 saturated heterocycles. The molecule has 0 aliphatic heterocycles. The molecule has 2 N–H and O–H groups in total. The summed E-state index contributed by atoms with van der Waals surface area (Å²) in [4.78, 5) is 2.27. The Morgan fingerprint density at radius 2 is 2.06 bits per heavy atom. The van der Waals surface area contributed by atoms with Gasteiger partial charge in [0.1, 0.15) is 5.75 Å². The molecular weight excluding hydrogens is 200 g/mol. The highest BCUT2D eigenvalue weighted by Crippen LogP contribution is 2.33. The molecule has 0 bridgehead atoms. The van der Waals surface area contributed by atoms with E-state index in [1.807, 2.05) is 18.2 Å². The lowest BCUT2D eigenvalue weighted by Gasteiger charge is -2.21. The van der Waals surface area contributed by atoms with Crippen LogP contribution in [-0.2, 0) is 6.54 Å². The summed E-state index contributed by atoms with van der Waals surface area (Å²) in [6, 6.07) is 8.14. The second-order valence-electron chi connectivity index (χ2n) is 4.85. The van der Waals surface area contributed by atoms with E-state index in [2.05, 4.69) is 18.0 Å². The number of para-hydroxylation sites is 1. The smallest absolute Gasteiger partial charge is 0.123 e. The minimum Gasteiger partial charge on any atom is -0.496 e. The van der Waals surface area contributed by atoms with Crippen molar-refractivity contribution < 1.29 is 4.74 Å². The normalized spacial score (nSPS) is 17.5. The molecule has 1 aromatic rings. The fraction of sp³-hybridized carbons (Fsp3) is 0.538. The predicted molar refractivity (Wildman–Crippen MR) is 65.5 cm³/mol. The average Bonchev–Trinajstić information content (AvgIpc) is 2.96. The molecule has 3 heteroatoms. The number of ether oxygens (including phenoxy) is 1. The van der Waals surface area contributed by atoms with Gasteiger partial charge < -0.3 is 15.4 Å². The van der Waals surface area contributed by atoms with Crippen LogP contribution in [0.4, 0.5) is 0 Å². The summed E-state index contributed by atoms with van der Waals surface area (Å²) in [6.07, 6.45) is 2.31. The summed E-state index contributed by atoms with van der Waals surface area (Å²) in [5.41, 5.74) is 7.40. The van der Waals surface area contributed by atoms with E-state index in [0.29, 0.717) is 0 Å². The first-order valence-corrected chi connectivity index (χ1v) is 5.72. The molecular formula is C13H20N2O. The maximum absolute atomic E-state index is 6.10. The highest BCUT2D eigenvalue weighted by molar-refractivity contribution is 5.33. The largest absolute Gasteiger partial charge is 0.496 e. The van der Waals surface area contributed by atoms with Crippen LogP contribution < -0.4 is 10.5 Å². The monoisotopic (exact) mass is 220 g/mol. The Morgan fingerprint density at radius 1 is 1.38 bits per heavy atom. The molecule has 0 unspecified atom stereocenters. The third kappa shape index (κ3) is 2.74. The zero-order chi connectivity index (χ0) is 11.6. The van der Waals surface area contributed by atoms with Crippen LogP contribution in [0.1, 0.15) is 18.4 Å². The molecule has 3 nitrogen and oxygen atoms in total. The zero-order valence-electron chi connectivity index (χ0n) is 10.1. The third-order valence-corrected chi connectivity index (χ3v) is 3.11. The Bertz CT molecular complexity index is 361. The lowest BCUT2D eigenvalue weighted by Crippen LogP contribution is -2.36. The van der Waals surface area contributed by atoms with Gasteiger partial charge in [-0.2, -0.15) is 0 Å². The van der Waals surface area contributed by atoms with Gasteiger partial charge in [-0.25, -0.2) is 0 Å². The Hall–Kier alpha value is -1.06. The predicted octanol–water partition coefficient (Wildman–Crippen LogP) is 1.62. The molecule has 1 aliphatic carbocycles. The van der Waals surface area contributed by atoms with Gasteiger partial charge >= 0.3 is 0 Å². The molecule has 1 fully saturated rings. The van der Waals surface area contributed by atoms with Crippen LogP contribution in [0, 0.1) is 0 Å². The molecule has 2 rings (SSSR count).